The molecule has 1 aromatic heterocycles. The van der Waals surface area contributed by atoms with Crippen LogP contribution in [0.5, 0.6) is 0 Å². The second kappa shape index (κ2) is 3.26. The third-order valence-electron chi connectivity index (χ3n) is 2.18. The van der Waals surface area contributed by atoms with E-state index in [1.165, 1.54) is 0 Å². The van der Waals surface area contributed by atoms with Gasteiger partial charge in [0, 0.05) is 5.56 Å². The fourth-order valence-corrected chi connectivity index (χ4v) is 1.21. The lowest BCUT2D eigenvalue weighted by atomic mass is 9.84. The zero-order chi connectivity index (χ0) is 10.1. The molecule has 13 heavy (non-hydrogen) atoms. The Morgan fingerprint density at radius 2 is 2.15 bits per heavy atom. The van der Waals surface area contributed by atoms with E-state index < -0.39 is 0 Å². The summed E-state index contributed by atoms with van der Waals surface area (Å²) in [6.45, 7) is 8.14. The summed E-state index contributed by atoms with van der Waals surface area (Å²) in [6, 6.07) is 0. The van der Waals surface area contributed by atoms with E-state index in [-0.39, 0.29) is 5.41 Å². The van der Waals surface area contributed by atoms with E-state index in [0.717, 1.165) is 11.3 Å². The van der Waals surface area contributed by atoms with Gasteiger partial charge in [-0.25, -0.2) is 0 Å². The minimum absolute atomic E-state index is 0.292. The highest BCUT2D eigenvalue weighted by Gasteiger charge is 2.25. The lowest BCUT2D eigenvalue weighted by molar-refractivity contribution is 0.407. The van der Waals surface area contributed by atoms with Crippen LogP contribution in [0.15, 0.2) is 10.8 Å². The number of nitrogens with zero attached hydrogens (tertiary/aromatic N) is 1. The lowest BCUT2D eigenvalue weighted by Gasteiger charge is -2.17. The molecule has 0 radical (unpaired) electrons. The third kappa shape index (κ3) is 1.75. The fourth-order valence-electron chi connectivity index (χ4n) is 1.21. The first-order valence-electron chi connectivity index (χ1n) is 4.41. The number of rotatable bonds is 2. The summed E-state index contributed by atoms with van der Waals surface area (Å²) in [5.74, 6) is 3.09. The molecule has 0 saturated heterocycles. The number of hydrogen-bond acceptors (Lipinski definition) is 2. The van der Waals surface area contributed by atoms with E-state index in [0.29, 0.717) is 5.92 Å². The first kappa shape index (κ1) is 9.85. The molecule has 0 amide bonds. The maximum Gasteiger partial charge on any atom is 0.128 e. The van der Waals surface area contributed by atoms with Gasteiger partial charge in [-0.1, -0.05) is 24.9 Å². The number of aromatic nitrogens is 1. The van der Waals surface area contributed by atoms with Crippen LogP contribution in [0.25, 0.3) is 0 Å². The molecular weight excluding hydrogens is 162 g/mol. The zero-order valence-corrected chi connectivity index (χ0v) is 8.59. The Balaban J connectivity index is 3.16. The van der Waals surface area contributed by atoms with Gasteiger partial charge >= 0.3 is 0 Å². The predicted octanol–water partition coefficient (Wildman–Crippen LogP) is 2.71. The Labute approximate surface area is 79.3 Å². The number of terminal acetylenes is 1. The van der Waals surface area contributed by atoms with Gasteiger partial charge in [0.15, 0.2) is 0 Å². The Morgan fingerprint density at radius 3 is 2.62 bits per heavy atom. The quantitative estimate of drug-likeness (QED) is 0.649. The molecule has 2 nitrogen and oxygen atoms in total. The van der Waals surface area contributed by atoms with E-state index >= 15 is 0 Å². The molecule has 0 bridgehead atoms. The molecular formula is C11H15NO. The second-order valence-corrected chi connectivity index (χ2v) is 4.04. The standard InChI is InChI=1S/C11H15NO/c1-6-11(4,5)9-7-13-12-10(9)8(2)3/h1,7-8H,2-5H3. The van der Waals surface area contributed by atoms with Crippen LogP contribution in [0, 0.1) is 12.3 Å². The molecule has 0 spiro atoms. The summed E-state index contributed by atoms with van der Waals surface area (Å²) < 4.78 is 4.95. The van der Waals surface area contributed by atoms with E-state index in [2.05, 4.69) is 24.9 Å². The van der Waals surface area contributed by atoms with Gasteiger partial charge in [-0.05, 0) is 19.8 Å². The Kier molecular flexibility index (Phi) is 2.47. The van der Waals surface area contributed by atoms with Crippen LogP contribution in [-0.4, -0.2) is 5.16 Å². The van der Waals surface area contributed by atoms with Crippen LogP contribution < -0.4 is 0 Å². The van der Waals surface area contributed by atoms with E-state index in [1.807, 2.05) is 13.8 Å². The summed E-state index contributed by atoms with van der Waals surface area (Å²) in [6.07, 6.45) is 7.10. The number of hydrogen-bond donors (Lipinski definition) is 0. The molecule has 0 aliphatic carbocycles. The van der Waals surface area contributed by atoms with Gasteiger partial charge in [0.1, 0.15) is 6.26 Å². The largest absolute Gasteiger partial charge is 0.364 e. The normalized spacial score (nSPS) is 11.7. The van der Waals surface area contributed by atoms with Crippen molar-refractivity contribution in [3.8, 4) is 12.3 Å². The van der Waals surface area contributed by atoms with Crippen LogP contribution in [0.2, 0.25) is 0 Å². The maximum atomic E-state index is 5.45. The van der Waals surface area contributed by atoms with Crippen LogP contribution in [0.4, 0.5) is 0 Å². The first-order valence-corrected chi connectivity index (χ1v) is 4.41. The topological polar surface area (TPSA) is 26.0 Å². The second-order valence-electron chi connectivity index (χ2n) is 4.04. The van der Waals surface area contributed by atoms with E-state index in [4.69, 9.17) is 10.9 Å². The molecule has 0 saturated carbocycles. The van der Waals surface area contributed by atoms with Crippen molar-refractivity contribution in [2.24, 2.45) is 0 Å². The summed E-state index contributed by atoms with van der Waals surface area (Å²) in [4.78, 5) is 0. The SMILES string of the molecule is C#CC(C)(C)c1conc1C(C)C. The average Bonchev–Trinajstić information content (AvgIpc) is 2.52. The van der Waals surface area contributed by atoms with E-state index in [9.17, 15) is 0 Å². The van der Waals surface area contributed by atoms with Crippen LogP contribution in [0.1, 0.15) is 44.9 Å². The van der Waals surface area contributed by atoms with Crippen molar-refractivity contribution in [1.29, 1.82) is 0 Å². The molecule has 1 aromatic rings. The van der Waals surface area contributed by atoms with Crippen molar-refractivity contribution in [2.45, 2.75) is 39.0 Å². The van der Waals surface area contributed by atoms with Gasteiger partial charge in [-0.2, -0.15) is 0 Å². The van der Waals surface area contributed by atoms with Crippen molar-refractivity contribution < 1.29 is 4.52 Å². The Morgan fingerprint density at radius 1 is 1.54 bits per heavy atom. The van der Waals surface area contributed by atoms with Crippen molar-refractivity contribution in [3.05, 3.63) is 17.5 Å². The highest BCUT2D eigenvalue weighted by molar-refractivity contribution is 5.34. The lowest BCUT2D eigenvalue weighted by Crippen LogP contribution is -2.15. The summed E-state index contributed by atoms with van der Waals surface area (Å²) in [5, 5.41) is 3.96. The highest BCUT2D eigenvalue weighted by Crippen LogP contribution is 2.29. The van der Waals surface area contributed by atoms with Crippen molar-refractivity contribution in [1.82, 2.24) is 5.16 Å². The average molecular weight is 177 g/mol. The molecule has 0 fully saturated rings. The molecule has 0 aromatic carbocycles. The van der Waals surface area contributed by atoms with Crippen molar-refractivity contribution >= 4 is 0 Å². The molecule has 0 unspecified atom stereocenters. The Bertz CT molecular complexity index is 328. The summed E-state index contributed by atoms with van der Waals surface area (Å²) in [5.41, 5.74) is 1.69. The first-order chi connectivity index (χ1) is 5.99. The van der Waals surface area contributed by atoms with Crippen molar-refractivity contribution in [3.63, 3.8) is 0 Å². The monoisotopic (exact) mass is 177 g/mol. The van der Waals surface area contributed by atoms with Gasteiger partial charge in [-0.15, -0.1) is 6.42 Å². The van der Waals surface area contributed by atoms with Gasteiger partial charge in [0.25, 0.3) is 0 Å². The molecule has 0 atom stereocenters. The minimum Gasteiger partial charge on any atom is -0.364 e. The molecule has 0 aliphatic rings. The van der Waals surface area contributed by atoms with Gasteiger partial charge in [0.05, 0.1) is 11.1 Å². The van der Waals surface area contributed by atoms with E-state index in [1.54, 1.807) is 6.26 Å². The van der Waals surface area contributed by atoms with Gasteiger partial charge in [-0.3, -0.25) is 0 Å². The summed E-state index contributed by atoms with van der Waals surface area (Å²) in [7, 11) is 0. The predicted molar refractivity (Wildman–Crippen MR) is 52.5 cm³/mol. The molecule has 2 heteroatoms. The third-order valence-corrected chi connectivity index (χ3v) is 2.18. The molecule has 0 aliphatic heterocycles. The fraction of sp³-hybridized carbons (Fsp3) is 0.545. The van der Waals surface area contributed by atoms with Crippen LogP contribution in [-0.2, 0) is 5.41 Å². The summed E-state index contributed by atoms with van der Waals surface area (Å²) >= 11 is 0. The zero-order valence-electron chi connectivity index (χ0n) is 8.59. The van der Waals surface area contributed by atoms with Crippen LogP contribution >= 0.6 is 0 Å². The van der Waals surface area contributed by atoms with Crippen molar-refractivity contribution in [2.75, 3.05) is 0 Å². The molecule has 0 N–H and O–H groups in total. The molecule has 70 valence electrons. The minimum atomic E-state index is -0.292. The maximum absolute atomic E-state index is 5.45. The van der Waals surface area contributed by atoms with Gasteiger partial charge < -0.3 is 4.52 Å². The molecule has 1 rings (SSSR count). The highest BCUT2D eigenvalue weighted by atomic mass is 16.5. The Hall–Kier alpha value is -1.23. The smallest absolute Gasteiger partial charge is 0.128 e. The molecule has 1 heterocycles. The van der Waals surface area contributed by atoms with Crippen LogP contribution in [0.3, 0.4) is 0 Å². The van der Waals surface area contributed by atoms with Gasteiger partial charge in [0.2, 0.25) is 0 Å².